The van der Waals surface area contributed by atoms with Crippen LogP contribution in [0.3, 0.4) is 0 Å². The number of benzene rings is 5. The molecule has 0 fully saturated rings. The predicted octanol–water partition coefficient (Wildman–Crippen LogP) is 5.35. The number of rotatable bonds is 4. The van der Waals surface area contributed by atoms with Crippen molar-refractivity contribution in [1.29, 1.82) is 0 Å². The van der Waals surface area contributed by atoms with Crippen LogP contribution in [0.1, 0.15) is 11.1 Å². The summed E-state index contributed by atoms with van der Waals surface area (Å²) in [5, 5.41) is 0. The maximum atomic E-state index is 15.7. The molecule has 5 heteroatoms. The molecule has 1 nitrogen and oxygen atoms in total. The first kappa shape index (κ1) is 23.8. The summed E-state index contributed by atoms with van der Waals surface area (Å²) in [5.41, 5.74) is -2.43. The molecule has 6 rings (SSSR count). The summed E-state index contributed by atoms with van der Waals surface area (Å²) in [6, 6.07) is 43.6. The third-order valence-electron chi connectivity index (χ3n) is 7.39. The van der Waals surface area contributed by atoms with Gasteiger partial charge >= 0.3 is 216 Å². The van der Waals surface area contributed by atoms with E-state index in [-0.39, 0.29) is 11.1 Å². The molecule has 0 aromatic heterocycles. The summed E-state index contributed by atoms with van der Waals surface area (Å²) in [6.45, 7) is 0. The molecular formula is C32H24AsF3O. The first-order valence-corrected chi connectivity index (χ1v) is 16.6. The summed E-state index contributed by atoms with van der Waals surface area (Å²) >= 11 is -5.26. The van der Waals surface area contributed by atoms with Gasteiger partial charge in [0.05, 0.1) is 0 Å². The van der Waals surface area contributed by atoms with E-state index in [9.17, 15) is 0 Å². The molecule has 0 saturated carbocycles. The molecule has 1 aliphatic rings. The minimum atomic E-state index is -5.26. The van der Waals surface area contributed by atoms with Gasteiger partial charge in [-0.1, -0.05) is 0 Å². The van der Waals surface area contributed by atoms with Crippen LogP contribution in [0.15, 0.2) is 146 Å². The Bertz CT molecular complexity index is 1440. The van der Waals surface area contributed by atoms with Gasteiger partial charge in [0, 0.05) is 0 Å². The fraction of sp³-hybridized carbons (Fsp3) is 0.0625. The van der Waals surface area contributed by atoms with Crippen LogP contribution in [0, 0.1) is 0 Å². The number of halogens is 3. The second-order valence-corrected chi connectivity index (χ2v) is 18.2. The zero-order valence-corrected chi connectivity index (χ0v) is 21.7. The van der Waals surface area contributed by atoms with E-state index in [2.05, 4.69) is 0 Å². The van der Waals surface area contributed by atoms with E-state index in [4.69, 9.17) is 3.73 Å². The molecule has 1 atom stereocenters. The average molecular weight is 556 g/mol. The van der Waals surface area contributed by atoms with Crippen molar-refractivity contribution in [3.8, 4) is 0 Å². The van der Waals surface area contributed by atoms with E-state index in [1.807, 2.05) is 103 Å². The Morgan fingerprint density at radius 1 is 0.486 bits per heavy atom. The van der Waals surface area contributed by atoms with Crippen molar-refractivity contribution in [2.24, 2.45) is 0 Å². The van der Waals surface area contributed by atoms with Gasteiger partial charge in [0.1, 0.15) is 0 Å². The Morgan fingerprint density at radius 2 is 0.865 bits per heavy atom. The summed E-state index contributed by atoms with van der Waals surface area (Å²) < 4.78 is 57.3. The standard InChI is InChI=1S/C32H24AsF3O/c34-32(35,36)31(25-15-5-1-6-16-25)29-23-13-14-24-30(29)33(37-31,26-17-7-2-8-18-26,27-19-9-3-10-20-27)28-21-11-4-12-22-28/h1-24H. The van der Waals surface area contributed by atoms with E-state index in [0.29, 0.717) is 4.35 Å². The van der Waals surface area contributed by atoms with Crippen molar-refractivity contribution in [3.05, 3.63) is 157 Å². The molecule has 0 saturated heterocycles. The summed E-state index contributed by atoms with van der Waals surface area (Å²) in [5.74, 6) is 0. The Balaban J connectivity index is 1.91. The Labute approximate surface area is 215 Å². The summed E-state index contributed by atoms with van der Waals surface area (Å²) in [6.07, 6.45) is -4.74. The molecule has 0 N–H and O–H groups in total. The Morgan fingerprint density at radius 3 is 1.30 bits per heavy atom. The van der Waals surface area contributed by atoms with Crippen LogP contribution in [0.25, 0.3) is 0 Å². The quantitative estimate of drug-likeness (QED) is 0.272. The first-order chi connectivity index (χ1) is 17.9. The number of alkyl halides is 3. The van der Waals surface area contributed by atoms with Crippen LogP contribution in [0.4, 0.5) is 13.2 Å². The van der Waals surface area contributed by atoms with Gasteiger partial charge in [-0.15, -0.1) is 0 Å². The van der Waals surface area contributed by atoms with Crippen LogP contribution in [0.2, 0.25) is 0 Å². The molecule has 5 aromatic carbocycles. The normalized spacial score (nSPS) is 20.9. The molecule has 37 heavy (non-hydrogen) atoms. The molecule has 0 spiro atoms. The molecule has 1 heterocycles. The molecule has 184 valence electrons. The fourth-order valence-corrected chi connectivity index (χ4v) is 19.1. The van der Waals surface area contributed by atoms with Crippen LogP contribution < -0.4 is 17.4 Å². The SMILES string of the molecule is FC(F)(F)C1(c2ccccc2)O[As](c2ccccc2)(c2ccccc2)(c2ccccc2)c2ccccc21. The molecule has 1 unspecified atom stereocenters. The maximum absolute atomic E-state index is 15.7. The van der Waals surface area contributed by atoms with Crippen molar-refractivity contribution in [3.63, 3.8) is 0 Å². The summed E-state index contributed by atoms with van der Waals surface area (Å²) in [7, 11) is 0. The first-order valence-electron chi connectivity index (χ1n) is 12.1. The zero-order valence-electron chi connectivity index (χ0n) is 19.8. The van der Waals surface area contributed by atoms with Crippen molar-refractivity contribution >= 4 is 30.2 Å². The minimum absolute atomic E-state index is 0.0716. The van der Waals surface area contributed by atoms with Crippen LogP contribution in [-0.4, -0.2) is 19.0 Å². The van der Waals surface area contributed by atoms with E-state index < -0.39 is 24.6 Å². The van der Waals surface area contributed by atoms with Crippen molar-refractivity contribution < 1.29 is 16.9 Å². The van der Waals surface area contributed by atoms with Crippen LogP contribution >= 0.6 is 0 Å². The van der Waals surface area contributed by atoms with Crippen molar-refractivity contribution in [1.82, 2.24) is 0 Å². The topological polar surface area (TPSA) is 9.23 Å². The van der Waals surface area contributed by atoms with E-state index in [1.54, 1.807) is 30.3 Å². The third kappa shape index (κ3) is 3.03. The van der Waals surface area contributed by atoms with Gasteiger partial charge in [-0.3, -0.25) is 0 Å². The van der Waals surface area contributed by atoms with Crippen molar-refractivity contribution in [2.45, 2.75) is 11.8 Å². The number of fused-ring (bicyclic) bond motifs is 1. The summed E-state index contributed by atoms with van der Waals surface area (Å²) in [4.78, 5) is 0. The molecule has 0 radical (unpaired) electrons. The van der Waals surface area contributed by atoms with Gasteiger partial charge in [-0.2, -0.15) is 0 Å². The number of hydrogen-bond acceptors (Lipinski definition) is 1. The fourth-order valence-electron chi connectivity index (χ4n) is 5.92. The average Bonchev–Trinajstić information content (AvgIpc) is 3.26. The molecule has 0 amide bonds. The Kier molecular flexibility index (Phi) is 5.45. The van der Waals surface area contributed by atoms with Crippen molar-refractivity contribution in [2.75, 3.05) is 0 Å². The van der Waals surface area contributed by atoms with E-state index >= 15 is 13.2 Å². The van der Waals surface area contributed by atoms with Gasteiger partial charge in [0.25, 0.3) is 0 Å². The van der Waals surface area contributed by atoms with Gasteiger partial charge in [-0.25, -0.2) is 0 Å². The molecule has 0 bridgehead atoms. The van der Waals surface area contributed by atoms with Gasteiger partial charge in [0.15, 0.2) is 0 Å². The van der Waals surface area contributed by atoms with E-state index in [1.165, 1.54) is 12.1 Å². The molecule has 5 aromatic rings. The third-order valence-corrected chi connectivity index (χ3v) is 19.6. The van der Waals surface area contributed by atoms with E-state index in [0.717, 1.165) is 13.1 Å². The van der Waals surface area contributed by atoms with Gasteiger partial charge in [0.2, 0.25) is 0 Å². The Hall–Kier alpha value is -3.59. The number of hydrogen-bond donors (Lipinski definition) is 0. The predicted molar refractivity (Wildman–Crippen MR) is 144 cm³/mol. The van der Waals surface area contributed by atoms with Gasteiger partial charge in [-0.05, 0) is 0 Å². The second kappa shape index (κ2) is 8.48. The second-order valence-electron chi connectivity index (χ2n) is 9.20. The molecule has 0 aliphatic carbocycles. The zero-order chi connectivity index (χ0) is 25.6. The van der Waals surface area contributed by atoms with Crippen LogP contribution in [-0.2, 0) is 9.33 Å². The monoisotopic (exact) mass is 556 g/mol. The van der Waals surface area contributed by atoms with Crippen LogP contribution in [0.5, 0.6) is 0 Å². The molecular weight excluding hydrogens is 532 g/mol. The molecule has 1 aliphatic heterocycles. The van der Waals surface area contributed by atoms with Gasteiger partial charge < -0.3 is 0 Å².